The Labute approximate surface area is 130 Å². The summed E-state index contributed by atoms with van der Waals surface area (Å²) in [6.07, 6.45) is 0.398. The molecule has 0 atom stereocenters. The Morgan fingerprint density at radius 3 is 2.57 bits per heavy atom. The Hall–Kier alpha value is -3.35. The first-order valence-electron chi connectivity index (χ1n) is 7.07. The highest BCUT2D eigenvalue weighted by atomic mass is 16.3. The van der Waals surface area contributed by atoms with E-state index in [-0.39, 0.29) is 11.5 Å². The quantitative estimate of drug-likeness (QED) is 0.417. The van der Waals surface area contributed by atoms with Crippen LogP contribution in [-0.4, -0.2) is 25.3 Å². The van der Waals surface area contributed by atoms with Gasteiger partial charge in [0.25, 0.3) is 11.5 Å². The summed E-state index contributed by atoms with van der Waals surface area (Å²) >= 11 is 0. The lowest BCUT2D eigenvalue weighted by Crippen LogP contribution is -2.31. The molecule has 2 aromatic carbocycles. The molecule has 4 rings (SSSR count). The Morgan fingerprint density at radius 2 is 1.78 bits per heavy atom. The van der Waals surface area contributed by atoms with Gasteiger partial charge in [-0.2, -0.15) is 5.10 Å². The second kappa shape index (κ2) is 4.84. The number of hydrogen-bond donors (Lipinski definition) is 4. The first-order chi connectivity index (χ1) is 11.1. The van der Waals surface area contributed by atoms with Gasteiger partial charge < -0.3 is 15.9 Å². The normalized spacial score (nSPS) is 11.3. The summed E-state index contributed by atoms with van der Waals surface area (Å²) in [6.45, 7) is 0. The van der Waals surface area contributed by atoms with Crippen molar-refractivity contribution in [2.75, 3.05) is 5.73 Å². The predicted octanol–water partition coefficient (Wildman–Crippen LogP) is 1.28. The number of nitrogens with one attached hydrogen (secondary N) is 1. The van der Waals surface area contributed by atoms with E-state index in [1.54, 1.807) is 16.6 Å². The lowest BCUT2D eigenvalue weighted by Gasteiger charge is -2.02. The SMILES string of the molecule is Nc1nc2c3ccccc3nc(Cc3cc(O)cc(O)c3)[n+]2[nH]1. The van der Waals surface area contributed by atoms with Crippen molar-refractivity contribution in [2.45, 2.75) is 6.42 Å². The van der Waals surface area contributed by atoms with Crippen LogP contribution in [0.15, 0.2) is 42.5 Å². The van der Waals surface area contributed by atoms with Gasteiger partial charge in [-0.15, -0.1) is 9.50 Å². The highest BCUT2D eigenvalue weighted by molar-refractivity contribution is 5.89. The molecular formula is C16H14N5O2+. The van der Waals surface area contributed by atoms with Gasteiger partial charge in [0, 0.05) is 6.07 Å². The maximum atomic E-state index is 9.63. The van der Waals surface area contributed by atoms with Crippen molar-refractivity contribution in [1.29, 1.82) is 0 Å². The molecule has 7 heteroatoms. The number of aromatic nitrogens is 4. The van der Waals surface area contributed by atoms with E-state index in [1.807, 2.05) is 24.3 Å². The number of nitrogens with two attached hydrogens (primary N) is 1. The number of aromatic amines is 1. The van der Waals surface area contributed by atoms with Crippen LogP contribution in [0, 0.1) is 0 Å². The first-order valence-corrected chi connectivity index (χ1v) is 7.07. The van der Waals surface area contributed by atoms with Gasteiger partial charge in [0.15, 0.2) is 5.52 Å². The molecule has 23 heavy (non-hydrogen) atoms. The summed E-state index contributed by atoms with van der Waals surface area (Å²) in [6, 6.07) is 12.1. The fraction of sp³-hybridized carbons (Fsp3) is 0.0625. The van der Waals surface area contributed by atoms with Gasteiger partial charge >= 0.3 is 5.95 Å². The monoisotopic (exact) mass is 308 g/mol. The number of benzene rings is 2. The fourth-order valence-corrected chi connectivity index (χ4v) is 2.73. The number of phenols is 2. The van der Waals surface area contributed by atoms with Crippen LogP contribution in [0.2, 0.25) is 0 Å². The van der Waals surface area contributed by atoms with E-state index in [2.05, 4.69) is 15.1 Å². The summed E-state index contributed by atoms with van der Waals surface area (Å²) in [5, 5.41) is 23.1. The fourth-order valence-electron chi connectivity index (χ4n) is 2.73. The number of rotatable bonds is 2. The van der Waals surface area contributed by atoms with Gasteiger partial charge in [0.2, 0.25) is 0 Å². The lowest BCUT2D eigenvalue weighted by molar-refractivity contribution is -0.587. The van der Waals surface area contributed by atoms with Gasteiger partial charge in [-0.25, -0.2) is 0 Å². The van der Waals surface area contributed by atoms with Crippen molar-refractivity contribution >= 4 is 22.5 Å². The number of fused-ring (bicyclic) bond motifs is 3. The van der Waals surface area contributed by atoms with Crippen LogP contribution in [-0.2, 0) is 6.42 Å². The van der Waals surface area contributed by atoms with E-state index in [4.69, 9.17) is 5.73 Å². The minimum atomic E-state index is 0.00570. The summed E-state index contributed by atoms with van der Waals surface area (Å²) in [4.78, 5) is 8.97. The predicted molar refractivity (Wildman–Crippen MR) is 84.0 cm³/mol. The van der Waals surface area contributed by atoms with Crippen LogP contribution in [0.5, 0.6) is 11.5 Å². The number of anilines is 1. The summed E-state index contributed by atoms with van der Waals surface area (Å²) in [7, 11) is 0. The Morgan fingerprint density at radius 1 is 1.04 bits per heavy atom. The van der Waals surface area contributed by atoms with Crippen LogP contribution in [0.4, 0.5) is 5.95 Å². The minimum Gasteiger partial charge on any atom is -0.508 e. The third-order valence-electron chi connectivity index (χ3n) is 3.64. The van der Waals surface area contributed by atoms with Crippen molar-refractivity contribution in [3.05, 3.63) is 53.9 Å². The van der Waals surface area contributed by atoms with E-state index >= 15 is 0 Å². The average molecular weight is 308 g/mol. The molecule has 0 saturated heterocycles. The van der Waals surface area contributed by atoms with Crippen LogP contribution in [0.3, 0.4) is 0 Å². The molecule has 0 saturated carbocycles. The third-order valence-corrected chi connectivity index (χ3v) is 3.64. The molecule has 4 aromatic rings. The number of nitrogen functional groups attached to an aromatic ring is 1. The largest absolute Gasteiger partial charge is 0.508 e. The van der Waals surface area contributed by atoms with Gasteiger partial charge in [0.1, 0.15) is 11.5 Å². The summed E-state index contributed by atoms with van der Waals surface area (Å²) < 4.78 is 1.72. The van der Waals surface area contributed by atoms with Crippen LogP contribution < -0.4 is 10.2 Å². The summed E-state index contributed by atoms with van der Waals surface area (Å²) in [5.41, 5.74) is 8.02. The maximum Gasteiger partial charge on any atom is 0.301 e. The Bertz CT molecular complexity index is 1020. The molecule has 0 aliphatic carbocycles. The smallest absolute Gasteiger partial charge is 0.301 e. The molecule has 0 spiro atoms. The van der Waals surface area contributed by atoms with Crippen molar-refractivity contribution in [1.82, 2.24) is 15.1 Å². The maximum absolute atomic E-state index is 9.63. The average Bonchev–Trinajstić information content (AvgIpc) is 2.88. The number of para-hydroxylation sites is 1. The van der Waals surface area contributed by atoms with Crippen LogP contribution in [0.25, 0.3) is 16.6 Å². The van der Waals surface area contributed by atoms with E-state index in [0.717, 1.165) is 16.5 Å². The number of hydrogen-bond acceptors (Lipinski definition) is 5. The summed E-state index contributed by atoms with van der Waals surface area (Å²) in [5.74, 6) is 0.980. The molecule has 7 nitrogen and oxygen atoms in total. The molecule has 0 aliphatic rings. The molecular weight excluding hydrogens is 294 g/mol. The van der Waals surface area contributed by atoms with Gasteiger partial charge in [-0.3, -0.25) is 0 Å². The van der Waals surface area contributed by atoms with E-state index in [9.17, 15) is 10.2 Å². The second-order valence-corrected chi connectivity index (χ2v) is 5.35. The molecule has 2 heterocycles. The molecule has 0 radical (unpaired) electrons. The molecule has 0 bridgehead atoms. The van der Waals surface area contributed by atoms with E-state index in [0.29, 0.717) is 23.8 Å². The first kappa shape index (κ1) is 13.3. The van der Waals surface area contributed by atoms with Crippen molar-refractivity contribution < 1.29 is 14.7 Å². The zero-order chi connectivity index (χ0) is 16.0. The Kier molecular flexibility index (Phi) is 2.80. The lowest BCUT2D eigenvalue weighted by atomic mass is 10.1. The highest BCUT2D eigenvalue weighted by Gasteiger charge is 2.20. The molecule has 0 amide bonds. The number of phenolic OH excluding ortho intramolecular Hbond substituents is 2. The Balaban J connectivity index is 1.94. The van der Waals surface area contributed by atoms with Gasteiger partial charge in [-0.1, -0.05) is 17.1 Å². The van der Waals surface area contributed by atoms with E-state index < -0.39 is 0 Å². The second-order valence-electron chi connectivity index (χ2n) is 5.35. The number of aromatic hydroxyl groups is 2. The molecule has 0 fully saturated rings. The van der Waals surface area contributed by atoms with Crippen molar-refractivity contribution in [2.24, 2.45) is 0 Å². The molecule has 2 aromatic heterocycles. The minimum absolute atomic E-state index is 0.00570. The van der Waals surface area contributed by atoms with Crippen molar-refractivity contribution in [3.8, 4) is 11.5 Å². The van der Waals surface area contributed by atoms with E-state index in [1.165, 1.54) is 6.07 Å². The topological polar surface area (TPSA) is 112 Å². The molecule has 0 aliphatic heterocycles. The number of H-pyrrole nitrogens is 1. The van der Waals surface area contributed by atoms with Gasteiger partial charge in [0.05, 0.1) is 11.8 Å². The van der Waals surface area contributed by atoms with Crippen molar-refractivity contribution in [3.63, 3.8) is 0 Å². The zero-order valence-corrected chi connectivity index (χ0v) is 12.1. The molecule has 0 unspecified atom stereocenters. The van der Waals surface area contributed by atoms with Gasteiger partial charge in [-0.05, 0) is 29.8 Å². The number of nitrogens with zero attached hydrogens (tertiary/aromatic N) is 3. The zero-order valence-electron chi connectivity index (χ0n) is 12.1. The standard InChI is InChI=1S/C16H13N5O2/c17-16-19-15-12-3-1-2-4-13(12)18-14(21(15)20-16)7-9-5-10(22)8-11(23)6-9/h1-6,8H,7H2,(H4,17,20,22,23)/p+1. The molecule has 114 valence electrons. The highest BCUT2D eigenvalue weighted by Crippen LogP contribution is 2.22. The molecule has 5 N–H and O–H groups in total. The van der Waals surface area contributed by atoms with Crippen LogP contribution >= 0.6 is 0 Å². The third kappa shape index (κ3) is 2.28. The van der Waals surface area contributed by atoms with Crippen LogP contribution in [0.1, 0.15) is 11.4 Å².